The molecule has 0 saturated heterocycles. The Kier molecular flexibility index (Phi) is 4.60. The van der Waals surface area contributed by atoms with Crippen LogP contribution in [0.25, 0.3) is 0 Å². The van der Waals surface area contributed by atoms with Crippen LogP contribution in [0.15, 0.2) is 45.3 Å². The summed E-state index contributed by atoms with van der Waals surface area (Å²) in [6.07, 6.45) is 0. The minimum Gasteiger partial charge on any atom is -0.494 e. The van der Waals surface area contributed by atoms with Gasteiger partial charge in [-0.25, -0.2) is 4.39 Å². The molecule has 19 heavy (non-hydrogen) atoms. The van der Waals surface area contributed by atoms with Gasteiger partial charge in [0.25, 0.3) is 0 Å². The molecule has 2 N–H and O–H groups in total. The average molecular weight is 389 g/mol. The van der Waals surface area contributed by atoms with Crippen molar-refractivity contribution in [1.29, 1.82) is 0 Å². The van der Waals surface area contributed by atoms with E-state index in [1.54, 1.807) is 18.2 Å². The first kappa shape index (κ1) is 14.5. The van der Waals surface area contributed by atoms with Crippen LogP contribution in [0.1, 0.15) is 17.2 Å². The molecule has 0 saturated carbocycles. The van der Waals surface area contributed by atoms with Crippen molar-refractivity contribution in [2.24, 2.45) is 5.73 Å². The fourth-order valence-corrected chi connectivity index (χ4v) is 2.72. The molecule has 0 radical (unpaired) electrons. The standard InChI is InChI=1S/C14H12Br2FNO/c1-19-12-4-2-3-9(13(12)17)14(18)10-7-8(15)5-6-11(10)16/h2-7,14H,18H2,1H3. The Bertz CT molecular complexity index is 604. The summed E-state index contributed by atoms with van der Waals surface area (Å²) in [7, 11) is 1.43. The van der Waals surface area contributed by atoms with Crippen LogP contribution in [-0.2, 0) is 0 Å². The van der Waals surface area contributed by atoms with E-state index >= 15 is 0 Å². The van der Waals surface area contributed by atoms with Gasteiger partial charge in [-0.15, -0.1) is 0 Å². The van der Waals surface area contributed by atoms with Gasteiger partial charge in [-0.05, 0) is 29.8 Å². The molecule has 0 aliphatic rings. The van der Waals surface area contributed by atoms with Crippen molar-refractivity contribution in [1.82, 2.24) is 0 Å². The Morgan fingerprint density at radius 1 is 1.16 bits per heavy atom. The summed E-state index contributed by atoms with van der Waals surface area (Å²) in [5, 5.41) is 0. The molecule has 0 aliphatic heterocycles. The number of benzene rings is 2. The van der Waals surface area contributed by atoms with Gasteiger partial charge in [0.05, 0.1) is 13.2 Å². The fraction of sp³-hybridized carbons (Fsp3) is 0.143. The summed E-state index contributed by atoms with van der Waals surface area (Å²) in [5.41, 5.74) is 7.37. The maximum absolute atomic E-state index is 14.2. The van der Waals surface area contributed by atoms with Gasteiger partial charge in [-0.3, -0.25) is 0 Å². The Morgan fingerprint density at radius 2 is 1.89 bits per heavy atom. The summed E-state index contributed by atoms with van der Waals surface area (Å²) < 4.78 is 20.9. The molecule has 2 aromatic rings. The molecule has 0 amide bonds. The van der Waals surface area contributed by atoms with Crippen molar-refractivity contribution < 1.29 is 9.13 Å². The monoisotopic (exact) mass is 387 g/mol. The van der Waals surface area contributed by atoms with Gasteiger partial charge in [-0.1, -0.05) is 44.0 Å². The van der Waals surface area contributed by atoms with Gasteiger partial charge in [0, 0.05) is 14.5 Å². The molecule has 0 fully saturated rings. The lowest BCUT2D eigenvalue weighted by molar-refractivity contribution is 0.383. The third-order valence-electron chi connectivity index (χ3n) is 2.84. The van der Waals surface area contributed by atoms with Crippen molar-refractivity contribution >= 4 is 31.9 Å². The van der Waals surface area contributed by atoms with E-state index in [1.165, 1.54) is 7.11 Å². The minimum atomic E-state index is -0.568. The average Bonchev–Trinajstić information content (AvgIpc) is 2.41. The summed E-state index contributed by atoms with van der Waals surface area (Å²) in [5.74, 6) is -0.233. The highest BCUT2D eigenvalue weighted by Gasteiger charge is 2.18. The molecule has 2 nitrogen and oxygen atoms in total. The van der Waals surface area contributed by atoms with E-state index in [4.69, 9.17) is 10.5 Å². The highest BCUT2D eigenvalue weighted by atomic mass is 79.9. The van der Waals surface area contributed by atoms with Gasteiger partial charge >= 0.3 is 0 Å². The summed E-state index contributed by atoms with van der Waals surface area (Å²) in [4.78, 5) is 0. The van der Waals surface area contributed by atoms with Crippen molar-refractivity contribution in [3.05, 3.63) is 62.3 Å². The zero-order chi connectivity index (χ0) is 14.0. The second kappa shape index (κ2) is 6.03. The molecule has 0 aromatic heterocycles. The van der Waals surface area contributed by atoms with Crippen LogP contribution in [0.3, 0.4) is 0 Å². The quantitative estimate of drug-likeness (QED) is 0.845. The van der Waals surface area contributed by atoms with E-state index < -0.39 is 11.9 Å². The van der Waals surface area contributed by atoms with Gasteiger partial charge in [0.2, 0.25) is 0 Å². The van der Waals surface area contributed by atoms with Crippen LogP contribution in [0.5, 0.6) is 5.75 Å². The normalized spacial score (nSPS) is 12.3. The topological polar surface area (TPSA) is 35.2 Å². The van der Waals surface area contributed by atoms with Crippen LogP contribution in [0.4, 0.5) is 4.39 Å². The summed E-state index contributed by atoms with van der Waals surface area (Å²) in [6.45, 7) is 0. The Balaban J connectivity index is 2.50. The van der Waals surface area contributed by atoms with E-state index in [-0.39, 0.29) is 5.75 Å². The lowest BCUT2D eigenvalue weighted by atomic mass is 9.99. The van der Waals surface area contributed by atoms with Crippen molar-refractivity contribution in [3.8, 4) is 5.75 Å². The van der Waals surface area contributed by atoms with E-state index in [0.29, 0.717) is 5.56 Å². The summed E-state index contributed by atoms with van der Waals surface area (Å²) >= 11 is 6.82. The highest BCUT2D eigenvalue weighted by Crippen LogP contribution is 2.32. The Morgan fingerprint density at radius 3 is 2.58 bits per heavy atom. The largest absolute Gasteiger partial charge is 0.494 e. The predicted molar refractivity (Wildman–Crippen MR) is 80.8 cm³/mol. The zero-order valence-electron chi connectivity index (χ0n) is 10.2. The Hall–Kier alpha value is -0.910. The lowest BCUT2D eigenvalue weighted by Crippen LogP contribution is -2.14. The zero-order valence-corrected chi connectivity index (χ0v) is 13.3. The molecule has 0 spiro atoms. The molecule has 2 rings (SSSR count). The molecule has 5 heteroatoms. The third kappa shape index (κ3) is 2.99. The number of rotatable bonds is 3. The molecule has 100 valence electrons. The SMILES string of the molecule is COc1cccc(C(N)c2cc(Br)ccc2Br)c1F. The van der Waals surface area contributed by atoms with Gasteiger partial charge < -0.3 is 10.5 Å². The van der Waals surface area contributed by atoms with E-state index in [9.17, 15) is 4.39 Å². The number of halogens is 3. The van der Waals surface area contributed by atoms with E-state index in [1.807, 2.05) is 18.2 Å². The van der Waals surface area contributed by atoms with Gasteiger partial charge in [0.15, 0.2) is 11.6 Å². The molecule has 0 aliphatic carbocycles. The number of hydrogen-bond acceptors (Lipinski definition) is 2. The van der Waals surface area contributed by atoms with Gasteiger partial charge in [-0.2, -0.15) is 0 Å². The first-order valence-electron chi connectivity index (χ1n) is 5.57. The first-order chi connectivity index (χ1) is 9.04. The molecule has 1 atom stereocenters. The van der Waals surface area contributed by atoms with Crippen LogP contribution < -0.4 is 10.5 Å². The lowest BCUT2D eigenvalue weighted by Gasteiger charge is -2.16. The van der Waals surface area contributed by atoms with Crippen LogP contribution in [0.2, 0.25) is 0 Å². The number of nitrogens with two attached hydrogens (primary N) is 1. The smallest absolute Gasteiger partial charge is 0.170 e. The number of ether oxygens (including phenoxy) is 1. The first-order valence-corrected chi connectivity index (χ1v) is 7.16. The highest BCUT2D eigenvalue weighted by molar-refractivity contribution is 9.11. The number of methoxy groups -OCH3 is 1. The van der Waals surface area contributed by atoms with Crippen molar-refractivity contribution in [2.45, 2.75) is 6.04 Å². The minimum absolute atomic E-state index is 0.194. The molecule has 2 aromatic carbocycles. The van der Waals surface area contributed by atoms with Gasteiger partial charge in [0.1, 0.15) is 0 Å². The molecule has 0 bridgehead atoms. The molecular weight excluding hydrogens is 377 g/mol. The molecule has 0 heterocycles. The second-order valence-corrected chi connectivity index (χ2v) is 5.78. The Labute approximate surface area is 128 Å². The maximum atomic E-state index is 14.2. The van der Waals surface area contributed by atoms with Crippen LogP contribution in [-0.4, -0.2) is 7.11 Å². The van der Waals surface area contributed by atoms with Crippen molar-refractivity contribution in [2.75, 3.05) is 7.11 Å². The predicted octanol–water partition coefficient (Wildman–Crippen LogP) is 4.41. The van der Waals surface area contributed by atoms with Crippen LogP contribution >= 0.6 is 31.9 Å². The van der Waals surface area contributed by atoms with Crippen LogP contribution in [0, 0.1) is 5.82 Å². The second-order valence-electron chi connectivity index (χ2n) is 4.01. The van der Waals surface area contributed by atoms with E-state index in [2.05, 4.69) is 31.9 Å². The molecule has 1 unspecified atom stereocenters. The number of hydrogen-bond donors (Lipinski definition) is 1. The van der Waals surface area contributed by atoms with Crippen molar-refractivity contribution in [3.63, 3.8) is 0 Å². The summed E-state index contributed by atoms with van der Waals surface area (Å²) in [6, 6.07) is 10.0. The third-order valence-corrected chi connectivity index (χ3v) is 4.06. The fourth-order valence-electron chi connectivity index (χ4n) is 1.85. The molecular formula is C14H12Br2FNO. The van der Waals surface area contributed by atoms with E-state index in [0.717, 1.165) is 14.5 Å². The maximum Gasteiger partial charge on any atom is 0.170 e.